The zero-order chi connectivity index (χ0) is 13.0. The Morgan fingerprint density at radius 1 is 1.61 bits per heavy atom. The number of hydrogen-bond acceptors (Lipinski definition) is 4. The second-order valence-electron chi connectivity index (χ2n) is 4.67. The summed E-state index contributed by atoms with van der Waals surface area (Å²) in [5, 5.41) is 8.95. The number of aryl methyl sites for hydroxylation is 1. The van der Waals surface area contributed by atoms with E-state index in [-0.39, 0.29) is 12.5 Å². The third-order valence-electron chi connectivity index (χ3n) is 3.08. The first kappa shape index (κ1) is 13.4. The summed E-state index contributed by atoms with van der Waals surface area (Å²) in [5.74, 6) is 1.27. The topological polar surface area (TPSA) is 53.4 Å². The summed E-state index contributed by atoms with van der Waals surface area (Å²) in [6.45, 7) is 3.78. The summed E-state index contributed by atoms with van der Waals surface area (Å²) in [6.07, 6.45) is 3.93. The van der Waals surface area contributed by atoms with E-state index in [0.29, 0.717) is 0 Å². The standard InChI is InChI=1S/C13H18N2O2S/c1-10-4-11(7-14-6-10)8-15-2-3-18-9-12(15)5-13(16)17/h4,6-7,12H,2-3,5,8-9H2,1H3,(H,16,17). The first-order valence-electron chi connectivity index (χ1n) is 6.09. The van der Waals surface area contributed by atoms with Crippen LogP contribution in [-0.4, -0.2) is 45.1 Å². The molecule has 1 fully saturated rings. The van der Waals surface area contributed by atoms with Crippen molar-refractivity contribution in [2.24, 2.45) is 0 Å². The van der Waals surface area contributed by atoms with E-state index in [4.69, 9.17) is 5.11 Å². The van der Waals surface area contributed by atoms with Gasteiger partial charge in [-0.05, 0) is 18.1 Å². The molecule has 18 heavy (non-hydrogen) atoms. The maximum Gasteiger partial charge on any atom is 0.304 e. The number of hydrogen-bond donors (Lipinski definition) is 1. The fourth-order valence-corrected chi connectivity index (χ4v) is 3.36. The highest BCUT2D eigenvalue weighted by molar-refractivity contribution is 7.99. The lowest BCUT2D eigenvalue weighted by molar-refractivity contribution is -0.138. The van der Waals surface area contributed by atoms with Crippen molar-refractivity contribution in [3.05, 3.63) is 29.6 Å². The Morgan fingerprint density at radius 2 is 2.44 bits per heavy atom. The van der Waals surface area contributed by atoms with Crippen LogP contribution in [0.4, 0.5) is 0 Å². The molecule has 1 aliphatic heterocycles. The molecule has 1 aromatic heterocycles. The summed E-state index contributed by atoms with van der Waals surface area (Å²) in [6, 6.07) is 2.26. The molecular weight excluding hydrogens is 248 g/mol. The molecule has 1 atom stereocenters. The van der Waals surface area contributed by atoms with Gasteiger partial charge in [0.15, 0.2) is 0 Å². The number of rotatable bonds is 4. The minimum Gasteiger partial charge on any atom is -0.481 e. The van der Waals surface area contributed by atoms with Gasteiger partial charge in [-0.2, -0.15) is 11.8 Å². The van der Waals surface area contributed by atoms with E-state index in [9.17, 15) is 4.79 Å². The van der Waals surface area contributed by atoms with E-state index in [0.717, 1.165) is 35.7 Å². The Labute approximate surface area is 111 Å². The fourth-order valence-electron chi connectivity index (χ4n) is 2.23. The van der Waals surface area contributed by atoms with Gasteiger partial charge in [-0.25, -0.2) is 0 Å². The lowest BCUT2D eigenvalue weighted by Crippen LogP contribution is -2.42. The van der Waals surface area contributed by atoms with Gasteiger partial charge in [-0.15, -0.1) is 0 Å². The van der Waals surface area contributed by atoms with Crippen molar-refractivity contribution in [2.45, 2.75) is 25.9 Å². The van der Waals surface area contributed by atoms with Gasteiger partial charge < -0.3 is 5.11 Å². The highest BCUT2D eigenvalue weighted by Gasteiger charge is 2.24. The SMILES string of the molecule is Cc1cncc(CN2CCSCC2CC(=O)O)c1. The van der Waals surface area contributed by atoms with Crippen molar-refractivity contribution in [1.82, 2.24) is 9.88 Å². The molecule has 4 nitrogen and oxygen atoms in total. The minimum atomic E-state index is -0.713. The third kappa shape index (κ3) is 3.71. The fraction of sp³-hybridized carbons (Fsp3) is 0.538. The molecule has 0 saturated carbocycles. The van der Waals surface area contributed by atoms with Gasteiger partial charge in [0.1, 0.15) is 0 Å². The highest BCUT2D eigenvalue weighted by atomic mass is 32.2. The van der Waals surface area contributed by atoms with Gasteiger partial charge in [-0.1, -0.05) is 6.07 Å². The molecule has 0 amide bonds. The summed E-state index contributed by atoms with van der Waals surface area (Å²) in [5.41, 5.74) is 2.31. The molecule has 0 spiro atoms. The highest BCUT2D eigenvalue weighted by Crippen LogP contribution is 2.21. The predicted molar refractivity (Wildman–Crippen MR) is 72.7 cm³/mol. The van der Waals surface area contributed by atoms with Gasteiger partial charge in [0, 0.05) is 43.0 Å². The summed E-state index contributed by atoms with van der Waals surface area (Å²) in [7, 11) is 0. The van der Waals surface area contributed by atoms with Gasteiger partial charge in [-0.3, -0.25) is 14.7 Å². The maximum absolute atomic E-state index is 10.9. The van der Waals surface area contributed by atoms with Crippen LogP contribution in [0.1, 0.15) is 17.5 Å². The molecule has 5 heteroatoms. The number of nitrogens with zero attached hydrogens (tertiary/aromatic N) is 2. The van der Waals surface area contributed by atoms with Crippen molar-refractivity contribution in [3.8, 4) is 0 Å². The van der Waals surface area contributed by atoms with E-state index < -0.39 is 5.97 Å². The average Bonchev–Trinajstić information content (AvgIpc) is 2.31. The molecule has 2 heterocycles. The second kappa shape index (κ2) is 6.20. The zero-order valence-corrected chi connectivity index (χ0v) is 11.3. The number of aliphatic carboxylic acids is 1. The first-order chi connectivity index (χ1) is 8.65. The van der Waals surface area contributed by atoms with Crippen LogP contribution in [0.15, 0.2) is 18.5 Å². The summed E-state index contributed by atoms with van der Waals surface area (Å²) < 4.78 is 0. The van der Waals surface area contributed by atoms with E-state index in [1.54, 1.807) is 0 Å². The van der Waals surface area contributed by atoms with E-state index in [1.165, 1.54) is 0 Å². The molecule has 2 rings (SSSR count). The second-order valence-corrected chi connectivity index (χ2v) is 5.82. The van der Waals surface area contributed by atoms with Crippen molar-refractivity contribution in [3.63, 3.8) is 0 Å². The molecular formula is C13H18N2O2S. The van der Waals surface area contributed by atoms with Crippen molar-refractivity contribution < 1.29 is 9.90 Å². The van der Waals surface area contributed by atoms with Crippen LogP contribution in [-0.2, 0) is 11.3 Å². The maximum atomic E-state index is 10.9. The molecule has 1 aliphatic rings. The normalized spacial score (nSPS) is 20.8. The van der Waals surface area contributed by atoms with Crippen molar-refractivity contribution in [2.75, 3.05) is 18.1 Å². The van der Waals surface area contributed by atoms with Gasteiger partial charge >= 0.3 is 5.97 Å². The number of carboxylic acids is 1. The lowest BCUT2D eigenvalue weighted by atomic mass is 10.1. The van der Waals surface area contributed by atoms with Gasteiger partial charge in [0.25, 0.3) is 0 Å². The zero-order valence-electron chi connectivity index (χ0n) is 10.5. The van der Waals surface area contributed by atoms with Crippen molar-refractivity contribution >= 4 is 17.7 Å². The molecule has 0 aliphatic carbocycles. The number of carbonyl (C=O) groups is 1. The number of aromatic nitrogens is 1. The quantitative estimate of drug-likeness (QED) is 0.900. The smallest absolute Gasteiger partial charge is 0.304 e. The lowest BCUT2D eigenvalue weighted by Gasteiger charge is -2.34. The molecule has 0 aromatic carbocycles. The molecule has 98 valence electrons. The number of pyridine rings is 1. The van der Waals surface area contributed by atoms with E-state index >= 15 is 0 Å². The minimum absolute atomic E-state index is 0.141. The molecule has 0 radical (unpaired) electrons. The Morgan fingerprint density at radius 3 is 3.17 bits per heavy atom. The molecule has 0 bridgehead atoms. The van der Waals surface area contributed by atoms with E-state index in [2.05, 4.69) is 16.0 Å². The average molecular weight is 266 g/mol. The summed E-state index contributed by atoms with van der Waals surface area (Å²) >= 11 is 1.84. The molecule has 1 N–H and O–H groups in total. The van der Waals surface area contributed by atoms with Crippen LogP contribution >= 0.6 is 11.8 Å². The van der Waals surface area contributed by atoms with Crippen molar-refractivity contribution in [1.29, 1.82) is 0 Å². The Bertz CT molecular complexity index is 425. The largest absolute Gasteiger partial charge is 0.481 e. The molecule has 1 aromatic rings. The van der Waals surface area contributed by atoms with Crippen LogP contribution < -0.4 is 0 Å². The Balaban J connectivity index is 2.03. The summed E-state index contributed by atoms with van der Waals surface area (Å²) in [4.78, 5) is 17.3. The monoisotopic (exact) mass is 266 g/mol. The van der Waals surface area contributed by atoms with Gasteiger partial charge in [0.05, 0.1) is 6.42 Å². The van der Waals surface area contributed by atoms with Crippen LogP contribution in [0.25, 0.3) is 0 Å². The Hall–Kier alpha value is -1.07. The van der Waals surface area contributed by atoms with Crippen LogP contribution in [0.3, 0.4) is 0 Å². The van der Waals surface area contributed by atoms with Gasteiger partial charge in [0.2, 0.25) is 0 Å². The predicted octanol–water partition coefficient (Wildman–Crippen LogP) is 1.78. The molecule has 1 saturated heterocycles. The third-order valence-corrected chi connectivity index (χ3v) is 4.17. The Kier molecular flexibility index (Phi) is 4.60. The molecule has 1 unspecified atom stereocenters. The number of thioether (sulfide) groups is 1. The number of carboxylic acid groups (broad SMARTS) is 1. The van der Waals surface area contributed by atoms with E-state index in [1.807, 2.05) is 31.1 Å². The van der Waals surface area contributed by atoms with Crippen LogP contribution in [0.2, 0.25) is 0 Å². The van der Waals surface area contributed by atoms with Crippen LogP contribution in [0, 0.1) is 6.92 Å². The van der Waals surface area contributed by atoms with Crippen LogP contribution in [0.5, 0.6) is 0 Å². The first-order valence-corrected chi connectivity index (χ1v) is 7.25.